The average molecular weight is 334 g/mol. The number of rotatable bonds is 2. The van der Waals surface area contributed by atoms with Crippen LogP contribution in [0.1, 0.15) is 5.56 Å². The van der Waals surface area contributed by atoms with Gasteiger partial charge in [-0.3, -0.25) is 5.41 Å². The second kappa shape index (κ2) is 4.85. The first-order valence-electron chi connectivity index (χ1n) is 6.88. The summed E-state index contributed by atoms with van der Waals surface area (Å²) in [6.07, 6.45) is 3.56. The lowest BCUT2D eigenvalue weighted by Crippen LogP contribution is -2.32. The van der Waals surface area contributed by atoms with Crippen LogP contribution in [0.2, 0.25) is 0 Å². The number of aromatic nitrogens is 1. The lowest BCUT2D eigenvalue weighted by molar-refractivity contribution is 0.376. The zero-order valence-electron chi connectivity index (χ0n) is 11.6. The highest BCUT2D eigenvalue weighted by Crippen LogP contribution is 2.37. The molecule has 2 aliphatic heterocycles. The average Bonchev–Trinajstić information content (AvgIpc) is 3.08. The van der Waals surface area contributed by atoms with Crippen molar-refractivity contribution in [3.8, 4) is 0 Å². The topological polar surface area (TPSA) is 89.4 Å². The molecule has 0 bridgehead atoms. The second-order valence-corrected chi connectivity index (χ2v) is 8.87. The van der Waals surface area contributed by atoms with E-state index >= 15 is 0 Å². The molecule has 114 valence electrons. The van der Waals surface area contributed by atoms with Gasteiger partial charge in [0.05, 0.1) is 23.8 Å². The van der Waals surface area contributed by atoms with Crippen LogP contribution in [0.4, 0.5) is 0 Å². The van der Waals surface area contributed by atoms with Gasteiger partial charge in [0.1, 0.15) is 0 Å². The minimum atomic E-state index is -3.01. The summed E-state index contributed by atoms with van der Waals surface area (Å²) in [7, 11) is -3.01. The number of nitrogens with zero attached hydrogens (tertiary/aromatic N) is 2. The van der Waals surface area contributed by atoms with Crippen LogP contribution in [0, 0.1) is 5.41 Å². The number of fused-ring (bicyclic) bond motifs is 2. The van der Waals surface area contributed by atoms with Gasteiger partial charge in [-0.15, -0.1) is 0 Å². The molecule has 3 heterocycles. The van der Waals surface area contributed by atoms with Crippen molar-refractivity contribution in [3.63, 3.8) is 0 Å². The maximum absolute atomic E-state index is 11.7. The standard InChI is InChI=1S/C14H14N4O2S2/c15-14-18(12-7-22(19,20)8-13(12)21-14)17-6-9-5-16-11-4-2-1-3-10(9)11/h1-6,12-13,15-16H,7-8H2/b15-14?,17-6-/t12-,13+/m0/s1. The summed E-state index contributed by atoms with van der Waals surface area (Å²) in [5, 5.41) is 15.2. The highest BCUT2D eigenvalue weighted by atomic mass is 32.2. The first kappa shape index (κ1) is 13.8. The molecule has 0 radical (unpaired) electrons. The van der Waals surface area contributed by atoms with Crippen molar-refractivity contribution >= 4 is 43.9 Å². The predicted molar refractivity (Wildman–Crippen MR) is 89.3 cm³/mol. The molecule has 2 saturated heterocycles. The monoisotopic (exact) mass is 334 g/mol. The molecule has 2 aromatic rings. The van der Waals surface area contributed by atoms with E-state index in [4.69, 9.17) is 5.41 Å². The number of sulfone groups is 1. The van der Waals surface area contributed by atoms with Gasteiger partial charge < -0.3 is 4.98 Å². The molecule has 0 saturated carbocycles. The van der Waals surface area contributed by atoms with Crippen molar-refractivity contribution in [3.05, 3.63) is 36.0 Å². The van der Waals surface area contributed by atoms with Gasteiger partial charge in [0.15, 0.2) is 15.0 Å². The Labute approximate surface area is 132 Å². The molecule has 0 unspecified atom stereocenters. The number of nitrogens with one attached hydrogen (secondary N) is 2. The van der Waals surface area contributed by atoms with Crippen molar-refractivity contribution in [2.75, 3.05) is 11.5 Å². The molecule has 0 amide bonds. The number of hydrazone groups is 1. The van der Waals surface area contributed by atoms with Gasteiger partial charge in [0, 0.05) is 27.9 Å². The first-order valence-corrected chi connectivity index (χ1v) is 9.58. The van der Waals surface area contributed by atoms with Gasteiger partial charge in [-0.05, 0) is 6.07 Å². The molecule has 4 rings (SSSR count). The number of thioether (sulfide) groups is 1. The van der Waals surface area contributed by atoms with E-state index in [1.807, 2.05) is 30.5 Å². The highest BCUT2D eigenvalue weighted by molar-refractivity contribution is 8.15. The fraction of sp³-hybridized carbons (Fsp3) is 0.286. The van der Waals surface area contributed by atoms with Crippen molar-refractivity contribution < 1.29 is 8.42 Å². The molecular weight excluding hydrogens is 320 g/mol. The lowest BCUT2D eigenvalue weighted by Gasteiger charge is -2.17. The quantitative estimate of drug-likeness (QED) is 0.817. The molecule has 1 aromatic heterocycles. The number of para-hydroxylation sites is 1. The van der Waals surface area contributed by atoms with E-state index in [9.17, 15) is 8.42 Å². The maximum Gasteiger partial charge on any atom is 0.177 e. The SMILES string of the molecule is N=C1S[C@@H]2CS(=O)(=O)C[C@@H]2N1/N=C\c1c[nH]c2ccccc12. The van der Waals surface area contributed by atoms with Gasteiger partial charge in [-0.25, -0.2) is 13.4 Å². The number of hydrogen-bond acceptors (Lipinski definition) is 5. The Hall–Kier alpha value is -1.80. The Morgan fingerprint density at radius 2 is 2.18 bits per heavy atom. The number of benzene rings is 1. The van der Waals surface area contributed by atoms with Gasteiger partial charge >= 0.3 is 0 Å². The highest BCUT2D eigenvalue weighted by Gasteiger charge is 2.48. The number of H-pyrrole nitrogens is 1. The van der Waals surface area contributed by atoms with E-state index in [1.165, 1.54) is 11.8 Å². The van der Waals surface area contributed by atoms with Crippen molar-refractivity contribution in [1.29, 1.82) is 5.41 Å². The largest absolute Gasteiger partial charge is 0.361 e. The summed E-state index contributed by atoms with van der Waals surface area (Å²) >= 11 is 1.30. The van der Waals surface area contributed by atoms with Crippen LogP contribution in [-0.4, -0.2) is 52.6 Å². The van der Waals surface area contributed by atoms with Gasteiger partial charge in [0.25, 0.3) is 0 Å². The van der Waals surface area contributed by atoms with Crippen molar-refractivity contribution in [1.82, 2.24) is 9.99 Å². The molecule has 22 heavy (non-hydrogen) atoms. The molecule has 2 N–H and O–H groups in total. The fourth-order valence-electron chi connectivity index (χ4n) is 2.95. The molecule has 0 spiro atoms. The Bertz CT molecular complexity index is 887. The van der Waals surface area contributed by atoms with E-state index in [2.05, 4.69) is 10.1 Å². The number of aromatic amines is 1. The van der Waals surface area contributed by atoms with Gasteiger partial charge in [-0.1, -0.05) is 30.0 Å². The number of hydrogen-bond donors (Lipinski definition) is 2. The predicted octanol–water partition coefficient (Wildman–Crippen LogP) is 1.65. The van der Waals surface area contributed by atoms with Crippen molar-refractivity contribution in [2.45, 2.75) is 11.3 Å². The fourth-order valence-corrected chi connectivity index (χ4v) is 6.66. The van der Waals surface area contributed by atoms with Crippen LogP contribution < -0.4 is 0 Å². The van der Waals surface area contributed by atoms with Crippen LogP contribution in [0.15, 0.2) is 35.6 Å². The maximum atomic E-state index is 11.7. The third kappa shape index (κ3) is 2.22. The minimum absolute atomic E-state index is 0.0716. The smallest absolute Gasteiger partial charge is 0.177 e. The third-order valence-corrected chi connectivity index (χ3v) is 7.12. The summed E-state index contributed by atoms with van der Waals surface area (Å²) in [5.41, 5.74) is 1.95. The molecule has 2 fully saturated rings. The Kier molecular flexibility index (Phi) is 3.05. The first-order chi connectivity index (χ1) is 10.5. The minimum Gasteiger partial charge on any atom is -0.361 e. The Morgan fingerprint density at radius 1 is 1.36 bits per heavy atom. The summed E-state index contributed by atoms with van der Waals surface area (Å²) in [5.74, 6) is 0.224. The van der Waals surface area contributed by atoms with Crippen LogP contribution in [0.5, 0.6) is 0 Å². The Morgan fingerprint density at radius 3 is 3.05 bits per heavy atom. The molecule has 8 heteroatoms. The Balaban J connectivity index is 1.64. The van der Waals surface area contributed by atoms with E-state index in [0.717, 1.165) is 16.5 Å². The van der Waals surface area contributed by atoms with Gasteiger partial charge in [-0.2, -0.15) is 5.10 Å². The summed E-state index contributed by atoms with van der Waals surface area (Å²) in [4.78, 5) is 3.17. The van der Waals surface area contributed by atoms with Crippen molar-refractivity contribution in [2.24, 2.45) is 5.10 Å². The van der Waals surface area contributed by atoms with Crippen LogP contribution in [-0.2, 0) is 9.84 Å². The summed E-state index contributed by atoms with van der Waals surface area (Å²) < 4.78 is 23.5. The summed E-state index contributed by atoms with van der Waals surface area (Å²) in [6.45, 7) is 0. The molecule has 1 aromatic carbocycles. The van der Waals surface area contributed by atoms with E-state index < -0.39 is 9.84 Å². The van der Waals surface area contributed by atoms with Crippen LogP contribution in [0.3, 0.4) is 0 Å². The van der Waals surface area contributed by atoms with E-state index in [-0.39, 0.29) is 22.8 Å². The second-order valence-electron chi connectivity index (χ2n) is 5.48. The molecule has 0 aliphatic carbocycles. The molecular formula is C14H14N4O2S2. The lowest BCUT2D eigenvalue weighted by atomic mass is 10.2. The van der Waals surface area contributed by atoms with Crippen LogP contribution >= 0.6 is 11.8 Å². The van der Waals surface area contributed by atoms with E-state index in [1.54, 1.807) is 11.2 Å². The normalized spacial score (nSPS) is 27.1. The van der Waals surface area contributed by atoms with Gasteiger partial charge in [0.2, 0.25) is 0 Å². The van der Waals surface area contributed by atoms with Crippen LogP contribution in [0.25, 0.3) is 10.9 Å². The zero-order valence-corrected chi connectivity index (χ0v) is 13.2. The zero-order chi connectivity index (χ0) is 15.3. The molecule has 6 nitrogen and oxygen atoms in total. The molecule has 2 atom stereocenters. The summed E-state index contributed by atoms with van der Waals surface area (Å²) in [6, 6.07) is 7.69. The third-order valence-electron chi connectivity index (χ3n) is 4.00. The number of amidine groups is 1. The van der Waals surface area contributed by atoms with E-state index in [0.29, 0.717) is 5.17 Å². The molecule has 2 aliphatic rings.